The zero-order valence-electron chi connectivity index (χ0n) is 19.0. The molecule has 1 fully saturated rings. The Balaban J connectivity index is 1.61. The van der Waals surface area contributed by atoms with E-state index in [-0.39, 0.29) is 4.90 Å². The fourth-order valence-corrected chi connectivity index (χ4v) is 6.26. The summed E-state index contributed by atoms with van der Waals surface area (Å²) in [5.41, 5.74) is 3.33. The maximum absolute atomic E-state index is 13.5. The number of benzene rings is 1. The normalized spacial score (nSPS) is 19.2. The number of nitrogens with zero attached hydrogens (tertiary/aromatic N) is 4. The molecule has 0 bridgehead atoms. The van der Waals surface area contributed by atoms with Gasteiger partial charge in [-0.25, -0.2) is 17.4 Å². The fourth-order valence-electron chi connectivity index (χ4n) is 4.92. The van der Waals surface area contributed by atoms with Crippen LogP contribution in [-0.4, -0.2) is 39.7 Å². The summed E-state index contributed by atoms with van der Waals surface area (Å²) in [6.07, 6.45) is 11.7. The van der Waals surface area contributed by atoms with E-state index in [0.717, 1.165) is 48.7 Å². The van der Waals surface area contributed by atoms with Crippen LogP contribution in [0.5, 0.6) is 0 Å². The predicted octanol–water partition coefficient (Wildman–Crippen LogP) is 4.31. The molecule has 0 radical (unpaired) electrons. The van der Waals surface area contributed by atoms with Crippen LogP contribution in [0.1, 0.15) is 44.1 Å². The lowest BCUT2D eigenvalue weighted by molar-refractivity contribution is 0.347. The average Bonchev–Trinajstić information content (AvgIpc) is 3.44. The maximum Gasteiger partial charge on any atom is 0.269 e. The molecular weight excluding hydrogens is 434 g/mol. The average molecular weight is 464 g/mol. The zero-order chi connectivity index (χ0) is 23.0. The Morgan fingerprint density at radius 3 is 2.48 bits per heavy atom. The number of nitrogens with one attached hydrogen (secondary N) is 1. The molecule has 1 aliphatic carbocycles. The quantitative estimate of drug-likeness (QED) is 0.461. The molecule has 1 N–H and O–H groups in total. The van der Waals surface area contributed by atoms with E-state index in [2.05, 4.69) is 23.4 Å². The van der Waals surface area contributed by atoms with Gasteiger partial charge in [-0.3, -0.25) is 4.68 Å². The Hall–Kier alpha value is -2.97. The highest BCUT2D eigenvalue weighted by Crippen LogP contribution is 2.37. The summed E-state index contributed by atoms with van der Waals surface area (Å²) >= 11 is 0. The smallest absolute Gasteiger partial charge is 0.269 e. The molecule has 8 heteroatoms. The summed E-state index contributed by atoms with van der Waals surface area (Å²) in [7, 11) is -1.92. The number of fused-ring (bicyclic) bond motifs is 1. The third-order valence-corrected chi connectivity index (χ3v) is 8.30. The molecule has 1 saturated carbocycles. The molecule has 4 aromatic rings. The molecule has 33 heavy (non-hydrogen) atoms. The molecule has 1 aromatic carbocycles. The summed E-state index contributed by atoms with van der Waals surface area (Å²) in [5, 5.41) is 8.70. The maximum atomic E-state index is 13.5. The Kier molecular flexibility index (Phi) is 5.80. The van der Waals surface area contributed by atoms with E-state index < -0.39 is 10.0 Å². The van der Waals surface area contributed by atoms with Crippen molar-refractivity contribution in [3.63, 3.8) is 0 Å². The van der Waals surface area contributed by atoms with Gasteiger partial charge in [0.1, 0.15) is 0 Å². The minimum atomic E-state index is -3.78. The molecule has 0 spiro atoms. The molecule has 0 saturated heterocycles. The molecule has 5 rings (SSSR count). The lowest BCUT2D eigenvalue weighted by atomic mass is 9.82. The van der Waals surface area contributed by atoms with Gasteiger partial charge in [0, 0.05) is 48.2 Å². The van der Waals surface area contributed by atoms with Gasteiger partial charge < -0.3 is 5.32 Å². The summed E-state index contributed by atoms with van der Waals surface area (Å²) in [6.45, 7) is 3.15. The monoisotopic (exact) mass is 463 g/mol. The van der Waals surface area contributed by atoms with E-state index in [1.807, 2.05) is 25.5 Å². The summed E-state index contributed by atoms with van der Waals surface area (Å²) in [6, 6.07) is 11.2. The van der Waals surface area contributed by atoms with Gasteiger partial charge in [-0.05, 0) is 61.9 Å². The lowest BCUT2D eigenvalue weighted by Gasteiger charge is -2.29. The van der Waals surface area contributed by atoms with Gasteiger partial charge in [-0.2, -0.15) is 5.10 Å². The van der Waals surface area contributed by atoms with Crippen molar-refractivity contribution in [2.24, 2.45) is 7.05 Å². The van der Waals surface area contributed by atoms with Crippen LogP contribution in [-0.2, 0) is 17.1 Å². The summed E-state index contributed by atoms with van der Waals surface area (Å²) < 4.78 is 30.0. The SMILES string of the molecule is CCN[C@H]1CC[C@H](c2cnc3c(c2)c(-c2cnn(C)c2)cn3S(=O)(=O)c2ccccc2)CC1. The first-order valence-corrected chi connectivity index (χ1v) is 13.0. The third-order valence-electron chi connectivity index (χ3n) is 6.64. The van der Waals surface area contributed by atoms with Crippen molar-refractivity contribution in [1.82, 2.24) is 24.1 Å². The van der Waals surface area contributed by atoms with Gasteiger partial charge in [0.25, 0.3) is 10.0 Å². The van der Waals surface area contributed by atoms with Gasteiger partial charge in [0.05, 0.1) is 11.1 Å². The Morgan fingerprint density at radius 1 is 1.06 bits per heavy atom. The number of rotatable bonds is 6. The molecule has 7 nitrogen and oxygen atoms in total. The van der Waals surface area contributed by atoms with Gasteiger partial charge >= 0.3 is 0 Å². The van der Waals surface area contributed by atoms with E-state index in [4.69, 9.17) is 4.98 Å². The minimum absolute atomic E-state index is 0.243. The van der Waals surface area contributed by atoms with Crippen LogP contribution in [0.15, 0.2) is 66.1 Å². The van der Waals surface area contributed by atoms with Crippen molar-refractivity contribution in [2.75, 3.05) is 6.54 Å². The predicted molar refractivity (Wildman–Crippen MR) is 130 cm³/mol. The Bertz CT molecular complexity index is 1370. The van der Waals surface area contributed by atoms with Crippen LogP contribution in [0.4, 0.5) is 0 Å². The van der Waals surface area contributed by atoms with Crippen molar-refractivity contribution in [2.45, 2.75) is 49.5 Å². The highest BCUT2D eigenvalue weighted by molar-refractivity contribution is 7.90. The number of pyridine rings is 1. The number of hydrogen-bond acceptors (Lipinski definition) is 5. The molecule has 172 valence electrons. The summed E-state index contributed by atoms with van der Waals surface area (Å²) in [5.74, 6) is 0.438. The molecule has 0 unspecified atom stereocenters. The van der Waals surface area contributed by atoms with E-state index >= 15 is 0 Å². The van der Waals surface area contributed by atoms with Crippen LogP contribution in [0, 0.1) is 0 Å². The van der Waals surface area contributed by atoms with Crippen molar-refractivity contribution in [3.8, 4) is 11.1 Å². The van der Waals surface area contributed by atoms with Gasteiger partial charge in [0.2, 0.25) is 0 Å². The van der Waals surface area contributed by atoms with E-state index in [1.54, 1.807) is 41.3 Å². The van der Waals surface area contributed by atoms with E-state index in [9.17, 15) is 8.42 Å². The van der Waals surface area contributed by atoms with Gasteiger partial charge in [-0.1, -0.05) is 25.1 Å². The lowest BCUT2D eigenvalue weighted by Crippen LogP contribution is -2.32. The van der Waals surface area contributed by atoms with Gasteiger partial charge in [0.15, 0.2) is 5.65 Å². The first-order chi connectivity index (χ1) is 16.0. The van der Waals surface area contributed by atoms with Gasteiger partial charge in [-0.15, -0.1) is 0 Å². The highest BCUT2D eigenvalue weighted by atomic mass is 32.2. The second-order valence-corrected chi connectivity index (χ2v) is 10.6. The molecule has 3 aromatic heterocycles. The second-order valence-electron chi connectivity index (χ2n) is 8.81. The first kappa shape index (κ1) is 21.9. The molecular formula is C25H29N5O2S. The Morgan fingerprint density at radius 2 is 1.82 bits per heavy atom. The van der Waals surface area contributed by atoms with Crippen LogP contribution < -0.4 is 5.32 Å². The second kappa shape index (κ2) is 8.76. The molecule has 0 amide bonds. The van der Waals surface area contributed by atoms with Crippen LogP contribution >= 0.6 is 0 Å². The van der Waals surface area contributed by atoms with Crippen LogP contribution in [0.3, 0.4) is 0 Å². The number of aromatic nitrogens is 4. The van der Waals surface area contributed by atoms with E-state index in [1.165, 1.54) is 9.54 Å². The summed E-state index contributed by atoms with van der Waals surface area (Å²) in [4.78, 5) is 4.94. The highest BCUT2D eigenvalue weighted by Gasteiger charge is 2.26. The third kappa shape index (κ3) is 4.09. The van der Waals surface area contributed by atoms with Crippen LogP contribution in [0.25, 0.3) is 22.2 Å². The fraction of sp³-hybridized carbons (Fsp3) is 0.360. The van der Waals surface area contributed by atoms with Crippen molar-refractivity contribution < 1.29 is 8.42 Å². The minimum Gasteiger partial charge on any atom is -0.314 e. The van der Waals surface area contributed by atoms with Crippen molar-refractivity contribution in [3.05, 3.63) is 66.7 Å². The van der Waals surface area contributed by atoms with Crippen LogP contribution in [0.2, 0.25) is 0 Å². The van der Waals surface area contributed by atoms with Crippen molar-refractivity contribution in [1.29, 1.82) is 0 Å². The zero-order valence-corrected chi connectivity index (χ0v) is 19.8. The first-order valence-electron chi connectivity index (χ1n) is 11.5. The number of hydrogen-bond donors (Lipinski definition) is 1. The standard InChI is InChI=1S/C25H29N5O2S/c1-3-26-21-11-9-18(10-12-21)19-13-23-24(20-15-28-29(2)16-20)17-30(25(23)27-14-19)33(31,32)22-7-5-4-6-8-22/h4-8,13-18,21,26H,3,9-12H2,1-2H3/t18-,21-. The largest absolute Gasteiger partial charge is 0.314 e. The van der Waals surface area contributed by atoms with Crippen molar-refractivity contribution >= 4 is 21.1 Å². The topological polar surface area (TPSA) is 81.8 Å². The molecule has 3 heterocycles. The number of aryl methyl sites for hydroxylation is 1. The molecule has 0 atom stereocenters. The Labute approximate surface area is 194 Å². The molecule has 1 aliphatic rings. The van der Waals surface area contributed by atoms with E-state index in [0.29, 0.717) is 17.6 Å². The molecule has 0 aliphatic heterocycles.